The molecule has 1 amide bonds. The van der Waals surface area contributed by atoms with Gasteiger partial charge in [-0.2, -0.15) is 0 Å². The Balaban J connectivity index is 2.00. The Bertz CT molecular complexity index is 738. The third-order valence-corrected chi connectivity index (χ3v) is 5.83. The van der Waals surface area contributed by atoms with Crippen molar-refractivity contribution < 1.29 is 17.9 Å². The summed E-state index contributed by atoms with van der Waals surface area (Å²) in [5, 5.41) is 2.93. The summed E-state index contributed by atoms with van der Waals surface area (Å²) in [6.07, 6.45) is 4.95. The lowest BCUT2D eigenvalue weighted by Crippen LogP contribution is -2.43. The van der Waals surface area contributed by atoms with E-state index in [4.69, 9.17) is 16.3 Å². The van der Waals surface area contributed by atoms with E-state index in [9.17, 15) is 13.2 Å². The number of ether oxygens (including phenoxy) is 1. The summed E-state index contributed by atoms with van der Waals surface area (Å²) in [5.41, 5.74) is -0.354. The average molecular weight is 403 g/mol. The molecule has 1 aliphatic carbocycles. The van der Waals surface area contributed by atoms with Gasteiger partial charge in [0, 0.05) is 11.6 Å². The Morgan fingerprint density at radius 1 is 1.23 bits per heavy atom. The summed E-state index contributed by atoms with van der Waals surface area (Å²) in [5.74, 6) is -0.00317. The van der Waals surface area contributed by atoms with Gasteiger partial charge in [0.2, 0.25) is 10.0 Å². The van der Waals surface area contributed by atoms with E-state index in [1.165, 1.54) is 18.2 Å². The summed E-state index contributed by atoms with van der Waals surface area (Å²) in [4.78, 5) is 11.9. The van der Waals surface area contributed by atoms with Gasteiger partial charge in [-0.05, 0) is 51.8 Å². The monoisotopic (exact) mass is 402 g/mol. The van der Waals surface area contributed by atoms with Crippen LogP contribution in [-0.2, 0) is 14.8 Å². The number of rotatable bonds is 6. The number of nitrogens with one attached hydrogen (secondary N) is 2. The minimum absolute atomic E-state index is 0.0236. The van der Waals surface area contributed by atoms with Crippen LogP contribution in [-0.4, -0.2) is 32.5 Å². The second-order valence-electron chi connectivity index (χ2n) is 7.64. The Hall–Kier alpha value is -1.31. The van der Waals surface area contributed by atoms with Gasteiger partial charge in [0.15, 0.2) is 6.61 Å². The van der Waals surface area contributed by atoms with Crippen LogP contribution in [0.25, 0.3) is 0 Å². The van der Waals surface area contributed by atoms with Crippen molar-refractivity contribution in [2.24, 2.45) is 0 Å². The molecule has 2 N–H and O–H groups in total. The number of sulfonamides is 1. The molecule has 0 aromatic heterocycles. The third kappa shape index (κ3) is 6.45. The van der Waals surface area contributed by atoms with Gasteiger partial charge in [0.25, 0.3) is 5.91 Å². The first-order chi connectivity index (χ1) is 12.1. The number of carbonyl (C=O) groups excluding carboxylic acids is 1. The molecule has 1 aliphatic rings. The lowest BCUT2D eigenvalue weighted by Gasteiger charge is -2.22. The van der Waals surface area contributed by atoms with Crippen molar-refractivity contribution in [3.63, 3.8) is 0 Å². The lowest BCUT2D eigenvalue weighted by molar-refractivity contribution is -0.124. The molecule has 2 rings (SSSR count). The highest BCUT2D eigenvalue weighted by molar-refractivity contribution is 7.89. The van der Waals surface area contributed by atoms with E-state index in [0.29, 0.717) is 0 Å². The van der Waals surface area contributed by atoms with Crippen LogP contribution in [0.3, 0.4) is 0 Å². The van der Waals surface area contributed by atoms with E-state index in [1.807, 2.05) is 20.8 Å². The maximum Gasteiger partial charge on any atom is 0.258 e. The zero-order valence-electron chi connectivity index (χ0n) is 15.5. The summed E-state index contributed by atoms with van der Waals surface area (Å²) < 4.78 is 33.2. The maximum atomic E-state index is 12.5. The van der Waals surface area contributed by atoms with Crippen LogP contribution in [0.4, 0.5) is 0 Å². The topological polar surface area (TPSA) is 84.5 Å². The van der Waals surface area contributed by atoms with Crippen molar-refractivity contribution in [1.29, 1.82) is 0 Å². The second-order valence-corrected chi connectivity index (χ2v) is 9.76. The molecule has 0 bridgehead atoms. The molecule has 1 saturated carbocycles. The molecular formula is C18H27ClN2O4S. The van der Waals surface area contributed by atoms with Crippen molar-refractivity contribution in [2.75, 3.05) is 6.61 Å². The van der Waals surface area contributed by atoms with E-state index in [2.05, 4.69) is 10.0 Å². The smallest absolute Gasteiger partial charge is 0.258 e. The van der Waals surface area contributed by atoms with Crippen LogP contribution in [0.15, 0.2) is 23.1 Å². The molecule has 0 atom stereocenters. The van der Waals surface area contributed by atoms with Gasteiger partial charge in [0.1, 0.15) is 5.75 Å². The highest BCUT2D eigenvalue weighted by Crippen LogP contribution is 2.28. The fourth-order valence-corrected chi connectivity index (χ4v) is 4.50. The quantitative estimate of drug-likeness (QED) is 0.764. The van der Waals surface area contributed by atoms with Gasteiger partial charge in [-0.15, -0.1) is 0 Å². The summed E-state index contributed by atoms with van der Waals surface area (Å²) in [6, 6.07) is 4.24. The first-order valence-electron chi connectivity index (χ1n) is 8.82. The van der Waals surface area contributed by atoms with Gasteiger partial charge in [-0.3, -0.25) is 4.79 Å². The average Bonchev–Trinajstić information content (AvgIpc) is 2.52. The Morgan fingerprint density at radius 2 is 1.88 bits per heavy atom. The number of hydrogen-bond acceptors (Lipinski definition) is 4. The number of benzene rings is 1. The summed E-state index contributed by atoms with van der Waals surface area (Å²) >= 11 is 6.15. The number of carbonyl (C=O) groups is 1. The van der Waals surface area contributed by atoms with Gasteiger partial charge >= 0.3 is 0 Å². The molecule has 1 aromatic carbocycles. The number of hydrogen-bond donors (Lipinski definition) is 2. The predicted octanol–water partition coefficient (Wildman–Crippen LogP) is 3.24. The fourth-order valence-electron chi connectivity index (χ4n) is 2.87. The molecule has 6 nitrogen and oxygen atoms in total. The van der Waals surface area contributed by atoms with Crippen LogP contribution in [0.1, 0.15) is 52.9 Å². The Kier molecular flexibility index (Phi) is 6.93. The Morgan fingerprint density at radius 3 is 2.46 bits per heavy atom. The van der Waals surface area contributed by atoms with E-state index in [1.54, 1.807) is 0 Å². The zero-order valence-corrected chi connectivity index (χ0v) is 17.0. The van der Waals surface area contributed by atoms with Crippen LogP contribution in [0.2, 0.25) is 5.02 Å². The molecular weight excluding hydrogens is 376 g/mol. The molecule has 146 valence electrons. The van der Waals surface area contributed by atoms with Gasteiger partial charge in [-0.25, -0.2) is 13.1 Å². The molecule has 0 radical (unpaired) electrons. The van der Waals surface area contributed by atoms with Gasteiger partial charge in [0.05, 0.1) is 9.92 Å². The zero-order chi connectivity index (χ0) is 19.4. The first kappa shape index (κ1) is 21.0. The normalized spacial score (nSPS) is 16.3. The molecule has 0 heterocycles. The standard InChI is InChI=1S/C18H27ClN2O4S/c1-18(2,3)20-17(22)12-25-16-10-9-14(11-15(16)19)26(23,24)21-13-7-5-4-6-8-13/h9-11,13,21H,4-8,12H2,1-3H3,(H,20,22). The molecule has 1 aromatic rings. The molecule has 0 aliphatic heterocycles. The molecule has 8 heteroatoms. The SMILES string of the molecule is CC(C)(C)NC(=O)COc1ccc(S(=O)(=O)NC2CCCCC2)cc1Cl. The van der Waals surface area contributed by atoms with Crippen LogP contribution < -0.4 is 14.8 Å². The molecule has 0 spiro atoms. The molecule has 1 fully saturated rings. The summed E-state index contributed by atoms with van der Waals surface area (Å²) in [7, 11) is -3.62. The van der Waals surface area contributed by atoms with E-state index in [-0.39, 0.29) is 39.8 Å². The van der Waals surface area contributed by atoms with Gasteiger partial charge in [-0.1, -0.05) is 30.9 Å². The summed E-state index contributed by atoms with van der Waals surface area (Å²) in [6.45, 7) is 5.42. The fraction of sp³-hybridized carbons (Fsp3) is 0.611. The number of amides is 1. The minimum atomic E-state index is -3.62. The second kappa shape index (κ2) is 8.59. The van der Waals surface area contributed by atoms with Crippen LogP contribution in [0.5, 0.6) is 5.75 Å². The van der Waals surface area contributed by atoms with Crippen LogP contribution >= 0.6 is 11.6 Å². The molecule has 26 heavy (non-hydrogen) atoms. The first-order valence-corrected chi connectivity index (χ1v) is 10.7. The Labute approximate surface area is 160 Å². The number of halogens is 1. The van der Waals surface area contributed by atoms with E-state index in [0.717, 1.165) is 32.1 Å². The van der Waals surface area contributed by atoms with Crippen molar-refractivity contribution in [1.82, 2.24) is 10.0 Å². The largest absolute Gasteiger partial charge is 0.482 e. The highest BCUT2D eigenvalue weighted by atomic mass is 35.5. The van der Waals surface area contributed by atoms with Crippen molar-refractivity contribution >= 4 is 27.5 Å². The lowest BCUT2D eigenvalue weighted by atomic mass is 9.96. The highest BCUT2D eigenvalue weighted by Gasteiger charge is 2.23. The minimum Gasteiger partial charge on any atom is -0.482 e. The maximum absolute atomic E-state index is 12.5. The van der Waals surface area contributed by atoms with Crippen molar-refractivity contribution in [3.8, 4) is 5.75 Å². The van der Waals surface area contributed by atoms with E-state index < -0.39 is 10.0 Å². The van der Waals surface area contributed by atoms with E-state index >= 15 is 0 Å². The third-order valence-electron chi connectivity index (χ3n) is 4.01. The predicted molar refractivity (Wildman–Crippen MR) is 102 cm³/mol. The van der Waals surface area contributed by atoms with Crippen molar-refractivity contribution in [3.05, 3.63) is 23.2 Å². The van der Waals surface area contributed by atoms with Crippen molar-refractivity contribution in [2.45, 2.75) is 69.4 Å². The molecule has 0 saturated heterocycles. The van der Waals surface area contributed by atoms with Crippen LogP contribution in [0, 0.1) is 0 Å². The van der Waals surface area contributed by atoms with Gasteiger partial charge < -0.3 is 10.1 Å². The molecule has 0 unspecified atom stereocenters.